The third kappa shape index (κ3) is 6.28. The number of ether oxygens (including phenoxy) is 2. The lowest BCUT2D eigenvalue weighted by Gasteiger charge is -2.18. The van der Waals surface area contributed by atoms with Gasteiger partial charge in [-0.15, -0.1) is 11.3 Å². The maximum absolute atomic E-state index is 11.9. The van der Waals surface area contributed by atoms with Gasteiger partial charge in [-0.1, -0.05) is 35.5 Å². The number of carboxylic acids is 1. The van der Waals surface area contributed by atoms with Crippen LogP contribution in [0.5, 0.6) is 0 Å². The molecule has 0 atom stereocenters. The standard InChI is InChI=1S/C18H19N3O7S/c1-18(2,15(24)26-3)28-21-13(14(22)23)12-10-29-16(19-12)20-17(25)27-9-11-7-5-4-6-8-11/h4-8,10H,9H2,1-3H3,(H,22,23)(H,19,20,25). The van der Waals surface area contributed by atoms with E-state index in [0.717, 1.165) is 16.9 Å². The van der Waals surface area contributed by atoms with Gasteiger partial charge in [-0.05, 0) is 19.4 Å². The van der Waals surface area contributed by atoms with Crippen molar-refractivity contribution in [2.24, 2.45) is 5.16 Å². The average molecular weight is 421 g/mol. The molecular formula is C18H19N3O7S. The van der Waals surface area contributed by atoms with Crippen LogP contribution in [0.15, 0.2) is 40.9 Å². The maximum atomic E-state index is 11.9. The molecule has 0 saturated heterocycles. The van der Waals surface area contributed by atoms with E-state index in [2.05, 4.69) is 20.2 Å². The van der Waals surface area contributed by atoms with Crippen LogP contribution < -0.4 is 5.32 Å². The number of rotatable bonds is 8. The molecule has 1 aromatic heterocycles. The summed E-state index contributed by atoms with van der Waals surface area (Å²) in [5.74, 6) is -2.15. The van der Waals surface area contributed by atoms with Crippen LogP contribution >= 0.6 is 11.3 Å². The Morgan fingerprint density at radius 2 is 1.93 bits per heavy atom. The number of methoxy groups -OCH3 is 1. The zero-order chi connectivity index (χ0) is 21.4. The lowest BCUT2D eigenvalue weighted by atomic mass is 10.1. The molecule has 11 heteroatoms. The number of aromatic nitrogens is 1. The molecule has 2 N–H and O–H groups in total. The lowest BCUT2D eigenvalue weighted by molar-refractivity contribution is -0.165. The van der Waals surface area contributed by atoms with E-state index in [1.807, 2.05) is 18.2 Å². The highest BCUT2D eigenvalue weighted by Gasteiger charge is 2.32. The van der Waals surface area contributed by atoms with Crippen molar-refractivity contribution in [3.63, 3.8) is 0 Å². The summed E-state index contributed by atoms with van der Waals surface area (Å²) in [7, 11) is 1.17. The highest BCUT2D eigenvalue weighted by molar-refractivity contribution is 7.14. The summed E-state index contributed by atoms with van der Waals surface area (Å²) in [6, 6.07) is 9.10. The number of carbonyl (C=O) groups is 3. The van der Waals surface area contributed by atoms with Gasteiger partial charge in [-0.3, -0.25) is 5.32 Å². The Morgan fingerprint density at radius 1 is 1.24 bits per heavy atom. The summed E-state index contributed by atoms with van der Waals surface area (Å²) in [4.78, 5) is 44.0. The fourth-order valence-electron chi connectivity index (χ4n) is 1.92. The number of benzene rings is 1. The van der Waals surface area contributed by atoms with Crippen molar-refractivity contribution >= 4 is 40.2 Å². The van der Waals surface area contributed by atoms with Crippen molar-refractivity contribution in [1.82, 2.24) is 4.98 Å². The van der Waals surface area contributed by atoms with Crippen molar-refractivity contribution in [2.75, 3.05) is 12.4 Å². The molecule has 1 heterocycles. The topological polar surface area (TPSA) is 136 Å². The first-order valence-corrected chi connectivity index (χ1v) is 9.12. The molecule has 0 aliphatic carbocycles. The first kappa shape index (κ1) is 21.8. The summed E-state index contributed by atoms with van der Waals surface area (Å²) >= 11 is 0.975. The van der Waals surface area contributed by atoms with Gasteiger partial charge >= 0.3 is 18.0 Å². The predicted molar refractivity (Wildman–Crippen MR) is 104 cm³/mol. The van der Waals surface area contributed by atoms with Crippen LogP contribution in [-0.2, 0) is 30.5 Å². The second kappa shape index (κ2) is 9.64. The molecule has 0 spiro atoms. The van der Waals surface area contributed by atoms with E-state index in [-0.39, 0.29) is 17.4 Å². The molecule has 10 nitrogen and oxygen atoms in total. The molecule has 0 aliphatic rings. The minimum Gasteiger partial charge on any atom is -0.476 e. The second-order valence-corrected chi connectivity index (χ2v) is 6.92. The Labute approximate surface area is 170 Å². The highest BCUT2D eigenvalue weighted by Crippen LogP contribution is 2.18. The van der Waals surface area contributed by atoms with Crippen molar-refractivity contribution in [2.45, 2.75) is 26.1 Å². The van der Waals surface area contributed by atoms with Crippen molar-refractivity contribution in [1.29, 1.82) is 0 Å². The number of thiazole rings is 1. The number of carboxylic acid groups (broad SMARTS) is 1. The molecule has 0 bridgehead atoms. The van der Waals surface area contributed by atoms with Crippen LogP contribution in [-0.4, -0.2) is 46.5 Å². The summed E-state index contributed by atoms with van der Waals surface area (Å²) in [5, 5.41) is 16.8. The Morgan fingerprint density at radius 3 is 2.55 bits per heavy atom. The first-order chi connectivity index (χ1) is 13.7. The number of hydrogen-bond donors (Lipinski definition) is 2. The fraction of sp³-hybridized carbons (Fsp3) is 0.278. The summed E-state index contributed by atoms with van der Waals surface area (Å²) in [5.41, 5.74) is -1.27. The Bertz CT molecular complexity index is 909. The van der Waals surface area contributed by atoms with Crippen LogP contribution in [0.3, 0.4) is 0 Å². The Balaban J connectivity index is 2.03. The average Bonchev–Trinajstić information content (AvgIpc) is 3.14. The molecule has 2 aromatic rings. The summed E-state index contributed by atoms with van der Waals surface area (Å²) < 4.78 is 9.63. The second-order valence-electron chi connectivity index (χ2n) is 6.06. The molecule has 29 heavy (non-hydrogen) atoms. The number of nitrogens with one attached hydrogen (secondary N) is 1. The number of nitrogens with zero attached hydrogens (tertiary/aromatic N) is 2. The van der Waals surface area contributed by atoms with E-state index < -0.39 is 29.3 Å². The molecule has 0 fully saturated rings. The maximum Gasteiger partial charge on any atom is 0.413 e. The molecule has 154 valence electrons. The van der Waals surface area contributed by atoms with Crippen LogP contribution in [0.1, 0.15) is 25.1 Å². The van der Waals surface area contributed by atoms with Crippen LogP contribution in [0.2, 0.25) is 0 Å². The molecule has 2 rings (SSSR count). The number of amides is 1. The van der Waals surface area contributed by atoms with E-state index in [1.54, 1.807) is 12.1 Å². The highest BCUT2D eigenvalue weighted by atomic mass is 32.1. The van der Waals surface area contributed by atoms with Crippen LogP contribution in [0, 0.1) is 0 Å². The van der Waals surface area contributed by atoms with E-state index in [1.165, 1.54) is 26.3 Å². The van der Waals surface area contributed by atoms with Gasteiger partial charge in [-0.25, -0.2) is 19.4 Å². The Kier molecular flexibility index (Phi) is 7.26. The quantitative estimate of drug-likeness (QED) is 0.377. The normalized spacial score (nSPS) is 11.5. The van der Waals surface area contributed by atoms with E-state index in [9.17, 15) is 19.5 Å². The molecule has 1 amide bonds. The van der Waals surface area contributed by atoms with E-state index in [0.29, 0.717) is 0 Å². The molecule has 1 aromatic carbocycles. The molecule has 0 saturated carbocycles. The van der Waals surface area contributed by atoms with Gasteiger partial charge in [0.25, 0.3) is 0 Å². The SMILES string of the molecule is COC(=O)C(C)(C)ON=C(C(=O)O)c1csc(NC(=O)OCc2ccccc2)n1. The van der Waals surface area contributed by atoms with Gasteiger partial charge in [0.1, 0.15) is 12.3 Å². The number of esters is 1. The summed E-state index contributed by atoms with van der Waals surface area (Å²) in [6.07, 6.45) is -0.744. The minimum absolute atomic E-state index is 0.0541. The summed E-state index contributed by atoms with van der Waals surface area (Å²) in [6.45, 7) is 2.82. The molecule has 0 aliphatic heterocycles. The molecule has 0 unspecified atom stereocenters. The largest absolute Gasteiger partial charge is 0.476 e. The number of anilines is 1. The number of carbonyl (C=O) groups excluding carboxylic acids is 2. The van der Waals surface area contributed by atoms with E-state index in [4.69, 9.17) is 9.57 Å². The van der Waals surface area contributed by atoms with E-state index >= 15 is 0 Å². The zero-order valence-corrected chi connectivity index (χ0v) is 16.7. The molecular weight excluding hydrogens is 402 g/mol. The molecule has 0 radical (unpaired) electrons. The van der Waals surface area contributed by atoms with Gasteiger partial charge in [0.05, 0.1) is 7.11 Å². The van der Waals surface area contributed by atoms with Crippen LogP contribution in [0.25, 0.3) is 0 Å². The lowest BCUT2D eigenvalue weighted by Crippen LogP contribution is -2.35. The van der Waals surface area contributed by atoms with Crippen molar-refractivity contribution < 1.29 is 33.8 Å². The number of hydrogen-bond acceptors (Lipinski definition) is 9. The van der Waals surface area contributed by atoms with Crippen molar-refractivity contribution in [3.05, 3.63) is 47.0 Å². The third-order valence-electron chi connectivity index (χ3n) is 3.41. The van der Waals surface area contributed by atoms with Crippen LogP contribution in [0.4, 0.5) is 9.93 Å². The van der Waals surface area contributed by atoms with Gasteiger partial charge in [0.15, 0.2) is 5.13 Å². The fourth-order valence-corrected chi connectivity index (χ4v) is 2.61. The third-order valence-corrected chi connectivity index (χ3v) is 4.17. The van der Waals surface area contributed by atoms with Gasteiger partial charge in [0, 0.05) is 5.38 Å². The van der Waals surface area contributed by atoms with Gasteiger partial charge in [-0.2, -0.15) is 0 Å². The predicted octanol–water partition coefficient (Wildman–Crippen LogP) is 2.65. The minimum atomic E-state index is -1.49. The first-order valence-electron chi connectivity index (χ1n) is 8.24. The van der Waals surface area contributed by atoms with Gasteiger partial charge in [0.2, 0.25) is 11.3 Å². The zero-order valence-electron chi connectivity index (χ0n) is 15.9. The Hall–Kier alpha value is -3.47. The monoisotopic (exact) mass is 421 g/mol. The smallest absolute Gasteiger partial charge is 0.413 e. The van der Waals surface area contributed by atoms with Crippen molar-refractivity contribution in [3.8, 4) is 0 Å². The van der Waals surface area contributed by atoms with Gasteiger partial charge < -0.3 is 19.4 Å². The number of aliphatic carboxylic acids is 1. The number of oxime groups is 1.